The number of carboxylic acid groups (broad SMARTS) is 1. The quantitative estimate of drug-likeness (QED) is 0.0602. The Hall–Kier alpha value is -4.66. The molecule has 2 aliphatic rings. The minimum atomic E-state index is -1.48. The van der Waals surface area contributed by atoms with Crippen molar-refractivity contribution in [2.24, 2.45) is 11.5 Å². The van der Waals surface area contributed by atoms with Crippen molar-refractivity contribution in [2.75, 3.05) is 32.8 Å². The fourth-order valence-electron chi connectivity index (χ4n) is 6.11. The lowest BCUT2D eigenvalue weighted by atomic mass is 10.1. The fraction of sp³-hybridized carbons (Fsp3) is 0.677. The van der Waals surface area contributed by atoms with Crippen LogP contribution in [0.15, 0.2) is 12.5 Å². The van der Waals surface area contributed by atoms with E-state index in [0.29, 0.717) is 44.3 Å². The van der Waals surface area contributed by atoms with Gasteiger partial charge in [-0.05, 0) is 52.0 Å². The number of H-pyrrole nitrogens is 1. The number of amides is 6. The Balaban J connectivity index is 1.67. The van der Waals surface area contributed by atoms with E-state index in [-0.39, 0.29) is 32.4 Å². The van der Waals surface area contributed by atoms with E-state index >= 15 is 0 Å². The molecular formula is C31H50N10O10. The first-order valence-electron chi connectivity index (χ1n) is 17.0. The lowest BCUT2D eigenvalue weighted by Crippen LogP contribution is -2.61. The maximum Gasteiger partial charge on any atom is 0.322 e. The summed E-state index contributed by atoms with van der Waals surface area (Å²) in [5.74, 6) is -5.63. The molecule has 0 bridgehead atoms. The molecule has 0 saturated carbocycles. The molecule has 20 nitrogen and oxygen atoms in total. The van der Waals surface area contributed by atoms with Crippen LogP contribution in [-0.2, 0) is 40.0 Å². The molecule has 0 aliphatic carbocycles. The third-order valence-electron chi connectivity index (χ3n) is 8.85. The summed E-state index contributed by atoms with van der Waals surface area (Å²) in [7, 11) is 0. The van der Waals surface area contributed by atoms with Crippen molar-refractivity contribution in [1.29, 1.82) is 0 Å². The van der Waals surface area contributed by atoms with E-state index in [1.165, 1.54) is 29.2 Å². The maximum atomic E-state index is 13.6. The predicted octanol–water partition coefficient (Wildman–Crippen LogP) is -4.58. The zero-order valence-corrected chi connectivity index (χ0v) is 28.6. The Bertz CT molecular complexity index is 1380. The van der Waals surface area contributed by atoms with Gasteiger partial charge in [-0.25, -0.2) is 4.98 Å². The molecule has 0 aromatic carbocycles. The van der Waals surface area contributed by atoms with E-state index < -0.39 is 96.9 Å². The molecule has 0 radical (unpaired) electrons. The second-order valence-corrected chi connectivity index (χ2v) is 12.7. The number of aliphatic carboxylic acids is 1. The van der Waals surface area contributed by atoms with Crippen LogP contribution in [-0.4, -0.2) is 152 Å². The molecule has 2 saturated heterocycles. The van der Waals surface area contributed by atoms with Crippen LogP contribution in [0, 0.1) is 0 Å². The predicted molar refractivity (Wildman–Crippen MR) is 178 cm³/mol. The number of nitrogens with zero attached hydrogens (tertiary/aromatic N) is 3. The first kappa shape index (κ1) is 40.8. The average molecular weight is 723 g/mol. The number of aliphatic hydroxyl groups is 2. The largest absolute Gasteiger partial charge is 0.480 e. The average Bonchev–Trinajstić information content (AvgIpc) is 3.90. The number of nitrogens with one attached hydrogen (secondary N) is 5. The summed E-state index contributed by atoms with van der Waals surface area (Å²) in [5.41, 5.74) is 11.9. The normalized spacial score (nSPS) is 20.1. The third-order valence-corrected chi connectivity index (χ3v) is 8.85. The van der Waals surface area contributed by atoms with Gasteiger partial charge in [-0.2, -0.15) is 0 Å². The molecule has 2 fully saturated rings. The summed E-state index contributed by atoms with van der Waals surface area (Å²) in [6, 6.07) is -7.18. The van der Waals surface area contributed by atoms with Gasteiger partial charge in [0.05, 0.1) is 25.1 Å². The molecule has 3 rings (SSSR count). The molecule has 1 aromatic rings. The number of rotatable bonds is 19. The van der Waals surface area contributed by atoms with E-state index in [0.717, 1.165) is 0 Å². The van der Waals surface area contributed by atoms with Crippen LogP contribution in [0.25, 0.3) is 0 Å². The zero-order chi connectivity index (χ0) is 37.7. The van der Waals surface area contributed by atoms with Crippen LogP contribution in [0.5, 0.6) is 0 Å². The topological polar surface area (TPSA) is 316 Å². The van der Waals surface area contributed by atoms with Gasteiger partial charge < -0.3 is 62.8 Å². The maximum absolute atomic E-state index is 13.6. The number of imidazole rings is 1. The molecule has 12 N–H and O–H groups in total. The molecular weight excluding hydrogens is 672 g/mol. The number of carbonyl (C=O) groups excluding carboxylic acids is 6. The Morgan fingerprint density at radius 3 is 2.08 bits per heavy atom. The van der Waals surface area contributed by atoms with Crippen LogP contribution < -0.4 is 32.7 Å². The first-order valence-corrected chi connectivity index (χ1v) is 17.0. The Kier molecular flexibility index (Phi) is 15.7. The molecule has 0 spiro atoms. The molecule has 1 aromatic heterocycles. The summed E-state index contributed by atoms with van der Waals surface area (Å²) in [5, 5.41) is 39.3. The number of carboxylic acids is 1. The summed E-state index contributed by atoms with van der Waals surface area (Å²) in [6.45, 7) is 0.484. The van der Waals surface area contributed by atoms with E-state index in [1.54, 1.807) is 0 Å². The molecule has 284 valence electrons. The number of hydrogen-bond donors (Lipinski definition) is 10. The molecule has 20 heteroatoms. The Labute approximate surface area is 294 Å². The fourth-order valence-corrected chi connectivity index (χ4v) is 6.11. The van der Waals surface area contributed by atoms with E-state index in [9.17, 15) is 43.8 Å². The van der Waals surface area contributed by atoms with Crippen LogP contribution in [0.1, 0.15) is 57.6 Å². The molecule has 7 atom stereocenters. The summed E-state index contributed by atoms with van der Waals surface area (Å²) in [6.07, 6.45) is 4.25. The van der Waals surface area contributed by atoms with Crippen molar-refractivity contribution in [1.82, 2.24) is 41.0 Å². The lowest BCUT2D eigenvalue weighted by Gasteiger charge is -2.32. The number of carbonyl (C=O) groups is 7. The van der Waals surface area contributed by atoms with Gasteiger partial charge in [0, 0.05) is 31.4 Å². The first-order chi connectivity index (χ1) is 24.3. The van der Waals surface area contributed by atoms with Crippen LogP contribution in [0.3, 0.4) is 0 Å². The summed E-state index contributed by atoms with van der Waals surface area (Å²) >= 11 is 0. The number of hydrogen-bond acceptors (Lipinski definition) is 12. The van der Waals surface area contributed by atoms with E-state index in [4.69, 9.17) is 16.6 Å². The van der Waals surface area contributed by atoms with Crippen molar-refractivity contribution >= 4 is 41.4 Å². The third kappa shape index (κ3) is 11.4. The monoisotopic (exact) mass is 722 g/mol. The summed E-state index contributed by atoms with van der Waals surface area (Å²) in [4.78, 5) is 99.6. The van der Waals surface area contributed by atoms with Gasteiger partial charge in [0.15, 0.2) is 0 Å². The van der Waals surface area contributed by atoms with Crippen molar-refractivity contribution in [3.05, 3.63) is 18.2 Å². The zero-order valence-electron chi connectivity index (χ0n) is 28.6. The molecule has 6 amide bonds. The van der Waals surface area contributed by atoms with Gasteiger partial charge in [-0.3, -0.25) is 33.6 Å². The number of unbranched alkanes of at least 4 members (excludes halogenated alkanes) is 1. The van der Waals surface area contributed by atoms with Gasteiger partial charge in [-0.1, -0.05) is 6.42 Å². The van der Waals surface area contributed by atoms with Gasteiger partial charge in [0.25, 0.3) is 0 Å². The minimum Gasteiger partial charge on any atom is -0.480 e. The van der Waals surface area contributed by atoms with Crippen molar-refractivity contribution < 1.29 is 48.9 Å². The molecule has 0 unspecified atom stereocenters. The van der Waals surface area contributed by atoms with Gasteiger partial charge in [0.2, 0.25) is 35.4 Å². The van der Waals surface area contributed by atoms with Gasteiger partial charge in [0.1, 0.15) is 36.8 Å². The smallest absolute Gasteiger partial charge is 0.322 e. The highest BCUT2D eigenvalue weighted by Crippen LogP contribution is 2.22. The lowest BCUT2D eigenvalue weighted by molar-refractivity contribution is -0.146. The highest BCUT2D eigenvalue weighted by molar-refractivity contribution is 5.97. The highest BCUT2D eigenvalue weighted by atomic mass is 16.4. The standard InChI is InChI=1S/C31H50N10O10/c1-17(43)25(39-26(46)19(33)6-2-3-9-32)31(51)41-11-5-8-23(41)29(49)38-21(15-42)30(50)40-10-4-7-22(40)28(48)37-20(12-18-13-34-16-36-18)27(47)35-14-24(44)45/h13,16-17,19-23,25,42-43H,2-12,14-15,32-33H2,1H3,(H,34,36)(H,35,47)(H,37,48)(H,38,49)(H,39,46)(H,44,45)/t17-,19+,20+,21+,22+,23+,25+/m1/s1. The number of aliphatic hydroxyl groups excluding tert-OH is 2. The Morgan fingerprint density at radius 1 is 0.941 bits per heavy atom. The van der Waals surface area contributed by atoms with Crippen LogP contribution >= 0.6 is 0 Å². The summed E-state index contributed by atoms with van der Waals surface area (Å²) < 4.78 is 0. The highest BCUT2D eigenvalue weighted by Gasteiger charge is 2.43. The molecule has 3 heterocycles. The number of likely N-dealkylation sites (tertiary alicyclic amines) is 2. The van der Waals surface area contributed by atoms with Crippen molar-refractivity contribution in [3.8, 4) is 0 Å². The SMILES string of the molecule is C[C@@H](O)[C@H](NC(=O)[C@@H](N)CCCCN)C(=O)N1CCC[C@H]1C(=O)N[C@@H](CO)C(=O)N1CCC[C@H]1C(=O)N[C@@H](Cc1cnc[nH]1)C(=O)NCC(=O)O. The van der Waals surface area contributed by atoms with Crippen LogP contribution in [0.4, 0.5) is 0 Å². The van der Waals surface area contributed by atoms with Crippen LogP contribution in [0.2, 0.25) is 0 Å². The van der Waals surface area contributed by atoms with Crippen molar-refractivity contribution in [2.45, 2.75) is 101 Å². The van der Waals surface area contributed by atoms with E-state index in [2.05, 4.69) is 31.2 Å². The van der Waals surface area contributed by atoms with Gasteiger partial charge >= 0.3 is 5.97 Å². The second-order valence-electron chi connectivity index (χ2n) is 12.7. The number of nitrogens with two attached hydrogens (primary N) is 2. The Morgan fingerprint density at radius 2 is 1.55 bits per heavy atom. The second kappa shape index (κ2) is 19.7. The van der Waals surface area contributed by atoms with Crippen molar-refractivity contribution in [3.63, 3.8) is 0 Å². The number of aromatic nitrogens is 2. The minimum absolute atomic E-state index is 0.0506. The van der Waals surface area contributed by atoms with Gasteiger partial charge in [-0.15, -0.1) is 0 Å². The molecule has 2 aliphatic heterocycles. The van der Waals surface area contributed by atoms with E-state index in [1.807, 2.05) is 0 Å². The molecule has 51 heavy (non-hydrogen) atoms. The number of aromatic amines is 1.